The SMILES string of the molecule is Cc1cn(C2=CCC3C4CC=C5C[C@@H](NC(=O)c6ccncc6F)CC[C@]5(C)C4CC[C@]23C)cn1. The number of carbonyl (C=O) groups excluding carboxylic acids is 1. The third kappa shape index (κ3) is 3.51. The maximum atomic E-state index is 14.0. The van der Waals surface area contributed by atoms with Crippen LogP contribution in [0.2, 0.25) is 0 Å². The summed E-state index contributed by atoms with van der Waals surface area (Å²) < 4.78 is 16.3. The van der Waals surface area contributed by atoms with Gasteiger partial charge in [-0.3, -0.25) is 9.78 Å². The maximum absolute atomic E-state index is 14.0. The molecule has 4 aliphatic rings. The second kappa shape index (κ2) is 8.14. The molecule has 6 atom stereocenters. The number of amides is 1. The fraction of sp³-hybridized carbons (Fsp3) is 0.552. The summed E-state index contributed by atoms with van der Waals surface area (Å²) in [6.45, 7) is 7.01. The van der Waals surface area contributed by atoms with Crippen molar-refractivity contribution in [3.8, 4) is 0 Å². The minimum absolute atomic E-state index is 0.0593. The molecule has 0 saturated heterocycles. The predicted octanol–water partition coefficient (Wildman–Crippen LogP) is 5.94. The van der Waals surface area contributed by atoms with Crippen molar-refractivity contribution in [1.82, 2.24) is 19.9 Å². The number of halogens is 1. The van der Waals surface area contributed by atoms with Crippen LogP contribution in [0, 0.1) is 41.3 Å². The summed E-state index contributed by atoms with van der Waals surface area (Å²) in [5.74, 6) is 1.15. The lowest BCUT2D eigenvalue weighted by atomic mass is 9.47. The Bertz CT molecular complexity index is 1230. The van der Waals surface area contributed by atoms with E-state index in [0.717, 1.165) is 44.0 Å². The first-order chi connectivity index (χ1) is 16.8. The van der Waals surface area contributed by atoms with Gasteiger partial charge in [-0.25, -0.2) is 9.37 Å². The third-order valence-electron chi connectivity index (χ3n) is 9.99. The van der Waals surface area contributed by atoms with Crippen LogP contribution in [0.1, 0.15) is 74.8 Å². The van der Waals surface area contributed by atoms with Gasteiger partial charge in [0.25, 0.3) is 5.91 Å². The first-order valence-corrected chi connectivity index (χ1v) is 13.1. The van der Waals surface area contributed by atoms with Crippen LogP contribution >= 0.6 is 0 Å². The van der Waals surface area contributed by atoms with Gasteiger partial charge < -0.3 is 9.88 Å². The topological polar surface area (TPSA) is 59.8 Å². The van der Waals surface area contributed by atoms with Crippen molar-refractivity contribution in [3.63, 3.8) is 0 Å². The van der Waals surface area contributed by atoms with E-state index in [0.29, 0.717) is 17.8 Å². The van der Waals surface area contributed by atoms with Crippen molar-refractivity contribution in [2.75, 3.05) is 0 Å². The number of hydrogen-bond donors (Lipinski definition) is 1. The zero-order valence-electron chi connectivity index (χ0n) is 20.9. The monoisotopic (exact) mass is 474 g/mol. The van der Waals surface area contributed by atoms with Crippen LogP contribution in [0.15, 0.2) is 48.7 Å². The largest absolute Gasteiger partial charge is 0.349 e. The summed E-state index contributed by atoms with van der Waals surface area (Å²) in [6, 6.07) is 1.51. The van der Waals surface area contributed by atoms with Crippen LogP contribution in [0.3, 0.4) is 0 Å². The molecule has 3 unspecified atom stereocenters. The Labute approximate surface area is 206 Å². The summed E-state index contributed by atoms with van der Waals surface area (Å²) >= 11 is 0. The van der Waals surface area contributed by atoms with Crippen LogP contribution in [0.5, 0.6) is 0 Å². The number of nitrogens with zero attached hydrogens (tertiary/aromatic N) is 3. The Morgan fingerprint density at radius 1 is 1.14 bits per heavy atom. The molecule has 184 valence electrons. The van der Waals surface area contributed by atoms with Gasteiger partial charge in [0.1, 0.15) is 0 Å². The van der Waals surface area contributed by atoms with Crippen molar-refractivity contribution in [2.45, 2.75) is 71.8 Å². The first-order valence-electron chi connectivity index (χ1n) is 13.1. The number of rotatable bonds is 3. The fourth-order valence-electron chi connectivity index (χ4n) is 8.10. The molecule has 0 spiro atoms. The van der Waals surface area contributed by atoms with Gasteiger partial charge in [-0.2, -0.15) is 0 Å². The molecule has 4 aliphatic carbocycles. The number of aryl methyl sites for hydroxylation is 1. The second-order valence-electron chi connectivity index (χ2n) is 11.7. The van der Waals surface area contributed by atoms with Crippen LogP contribution in [-0.4, -0.2) is 26.5 Å². The van der Waals surface area contributed by atoms with Gasteiger partial charge >= 0.3 is 0 Å². The van der Waals surface area contributed by atoms with Crippen LogP contribution in [-0.2, 0) is 0 Å². The van der Waals surface area contributed by atoms with Crippen molar-refractivity contribution >= 4 is 11.6 Å². The number of aromatic nitrogens is 3. The highest BCUT2D eigenvalue weighted by molar-refractivity contribution is 5.94. The molecule has 0 radical (unpaired) electrons. The van der Waals surface area contributed by atoms with E-state index < -0.39 is 5.82 Å². The summed E-state index contributed by atoms with van der Waals surface area (Å²) in [4.78, 5) is 20.9. The zero-order chi connectivity index (χ0) is 24.4. The summed E-state index contributed by atoms with van der Waals surface area (Å²) in [5, 5.41) is 3.10. The lowest BCUT2D eigenvalue weighted by Gasteiger charge is -2.58. The van der Waals surface area contributed by atoms with Crippen LogP contribution < -0.4 is 5.32 Å². The van der Waals surface area contributed by atoms with E-state index in [2.05, 4.69) is 59.0 Å². The number of fused-ring (bicyclic) bond motifs is 5. The average Bonchev–Trinajstić information content (AvgIpc) is 3.41. The normalized spacial score (nSPS) is 35.9. The molecular formula is C29H35FN4O. The molecule has 5 nitrogen and oxygen atoms in total. The Kier molecular flexibility index (Phi) is 5.28. The van der Waals surface area contributed by atoms with E-state index in [4.69, 9.17) is 0 Å². The zero-order valence-corrected chi connectivity index (χ0v) is 20.9. The number of hydrogen-bond acceptors (Lipinski definition) is 3. The predicted molar refractivity (Wildman–Crippen MR) is 134 cm³/mol. The highest BCUT2D eigenvalue weighted by Crippen LogP contribution is 2.65. The Hall–Kier alpha value is -2.76. The van der Waals surface area contributed by atoms with Crippen molar-refractivity contribution in [2.24, 2.45) is 28.6 Å². The van der Waals surface area contributed by atoms with Crippen LogP contribution in [0.25, 0.3) is 5.70 Å². The highest BCUT2D eigenvalue weighted by atomic mass is 19.1. The van der Waals surface area contributed by atoms with Crippen LogP contribution in [0.4, 0.5) is 4.39 Å². The first kappa shape index (κ1) is 22.7. The van der Waals surface area contributed by atoms with Gasteiger partial charge in [0.15, 0.2) is 5.82 Å². The standard InChI is InChI=1S/C29H35FN4O/c1-18-16-34(17-32-18)26-7-6-23-21-5-4-19-14-20(33-27(35)22-10-13-31-15-25(22)30)8-11-28(19,2)24(21)9-12-29(23,26)3/h4,7,10,13,15-17,20-21,23-24H,5-6,8-9,11-12,14H2,1-3H3,(H,33,35)/t20-,21?,23?,24?,28-,29-/m0/s1. The molecule has 2 heterocycles. The third-order valence-corrected chi connectivity index (χ3v) is 9.99. The van der Waals surface area contributed by atoms with Gasteiger partial charge in [0.2, 0.25) is 0 Å². The van der Waals surface area contributed by atoms with E-state index in [1.54, 1.807) is 0 Å². The number of nitrogens with one attached hydrogen (secondary N) is 1. The molecule has 1 N–H and O–H groups in total. The molecule has 2 aromatic heterocycles. The van der Waals surface area contributed by atoms with Crippen molar-refractivity contribution in [3.05, 3.63) is 65.8 Å². The number of imidazole rings is 1. The number of carbonyl (C=O) groups is 1. The molecule has 0 bridgehead atoms. The lowest BCUT2D eigenvalue weighted by Crippen LogP contribution is -2.51. The minimum Gasteiger partial charge on any atom is -0.349 e. The molecule has 2 fully saturated rings. The number of allylic oxidation sites excluding steroid dienone is 3. The number of pyridine rings is 1. The van der Waals surface area contributed by atoms with Gasteiger partial charge in [0.05, 0.1) is 23.8 Å². The van der Waals surface area contributed by atoms with Crippen molar-refractivity contribution < 1.29 is 9.18 Å². The molecule has 0 aromatic carbocycles. The Morgan fingerprint density at radius 3 is 2.74 bits per heavy atom. The fourth-order valence-corrected chi connectivity index (χ4v) is 8.10. The molecule has 2 aromatic rings. The van der Waals surface area contributed by atoms with Crippen molar-refractivity contribution in [1.29, 1.82) is 0 Å². The van der Waals surface area contributed by atoms with Gasteiger partial charge in [0, 0.05) is 29.5 Å². The summed E-state index contributed by atoms with van der Waals surface area (Å²) in [5.41, 5.74) is 4.49. The Morgan fingerprint density at radius 2 is 1.97 bits per heavy atom. The second-order valence-corrected chi connectivity index (χ2v) is 11.7. The van der Waals surface area contributed by atoms with E-state index in [1.165, 1.54) is 36.4 Å². The lowest BCUT2D eigenvalue weighted by molar-refractivity contribution is -0.0137. The van der Waals surface area contributed by atoms with E-state index in [9.17, 15) is 9.18 Å². The average molecular weight is 475 g/mol. The smallest absolute Gasteiger partial charge is 0.254 e. The van der Waals surface area contributed by atoms with E-state index in [-0.39, 0.29) is 28.3 Å². The maximum Gasteiger partial charge on any atom is 0.254 e. The molecule has 1 amide bonds. The summed E-state index contributed by atoms with van der Waals surface area (Å²) in [6.07, 6.45) is 19.3. The van der Waals surface area contributed by atoms with Gasteiger partial charge in [-0.1, -0.05) is 31.6 Å². The van der Waals surface area contributed by atoms with Gasteiger partial charge in [-0.15, -0.1) is 0 Å². The molecule has 35 heavy (non-hydrogen) atoms. The summed E-state index contributed by atoms with van der Waals surface area (Å²) in [7, 11) is 0. The highest BCUT2D eigenvalue weighted by Gasteiger charge is 2.57. The van der Waals surface area contributed by atoms with E-state index >= 15 is 0 Å². The minimum atomic E-state index is -0.564. The quantitative estimate of drug-likeness (QED) is 0.560. The molecule has 2 saturated carbocycles. The molecule has 6 rings (SSSR count). The molecule has 6 heteroatoms. The molecular weight excluding hydrogens is 439 g/mol. The van der Waals surface area contributed by atoms with Gasteiger partial charge in [-0.05, 0) is 81.1 Å². The molecule has 0 aliphatic heterocycles. The Balaban J connectivity index is 1.19. The van der Waals surface area contributed by atoms with E-state index in [1.807, 2.05) is 6.33 Å².